The SMILES string of the molecule is NCC(c1ccc(Cl)c(Cl)c1)C(O)c1ccc(F)c(F)c1. The Balaban J connectivity index is 2.35. The van der Waals surface area contributed by atoms with Crippen LogP contribution >= 0.6 is 23.2 Å². The quantitative estimate of drug-likeness (QED) is 0.887. The molecule has 0 fully saturated rings. The van der Waals surface area contributed by atoms with E-state index in [0.29, 0.717) is 15.6 Å². The molecule has 0 aliphatic heterocycles. The number of halogens is 4. The van der Waals surface area contributed by atoms with Gasteiger partial charge < -0.3 is 10.8 Å². The van der Waals surface area contributed by atoms with Crippen LogP contribution < -0.4 is 5.73 Å². The van der Waals surface area contributed by atoms with Crippen LogP contribution in [0.5, 0.6) is 0 Å². The highest BCUT2D eigenvalue weighted by molar-refractivity contribution is 6.42. The lowest BCUT2D eigenvalue weighted by Crippen LogP contribution is -2.20. The second-order valence-corrected chi connectivity index (χ2v) is 5.45. The highest BCUT2D eigenvalue weighted by atomic mass is 35.5. The molecule has 0 aliphatic rings. The van der Waals surface area contributed by atoms with Crippen LogP contribution in [0.25, 0.3) is 0 Å². The summed E-state index contributed by atoms with van der Waals surface area (Å²) in [7, 11) is 0. The Morgan fingerprint density at radius 2 is 1.62 bits per heavy atom. The van der Waals surface area contributed by atoms with E-state index in [1.54, 1.807) is 18.2 Å². The van der Waals surface area contributed by atoms with Crippen molar-refractivity contribution >= 4 is 23.2 Å². The van der Waals surface area contributed by atoms with Gasteiger partial charge in [-0.15, -0.1) is 0 Å². The second kappa shape index (κ2) is 6.71. The molecule has 21 heavy (non-hydrogen) atoms. The third-order valence-electron chi connectivity index (χ3n) is 3.29. The lowest BCUT2D eigenvalue weighted by Gasteiger charge is -2.22. The van der Waals surface area contributed by atoms with E-state index >= 15 is 0 Å². The van der Waals surface area contributed by atoms with Crippen LogP contribution in [0.1, 0.15) is 23.1 Å². The maximum atomic E-state index is 13.3. The topological polar surface area (TPSA) is 46.2 Å². The molecule has 6 heteroatoms. The molecule has 0 radical (unpaired) electrons. The van der Waals surface area contributed by atoms with Crippen molar-refractivity contribution in [3.05, 3.63) is 69.2 Å². The lowest BCUT2D eigenvalue weighted by molar-refractivity contribution is 0.147. The highest BCUT2D eigenvalue weighted by Gasteiger charge is 2.23. The molecule has 2 unspecified atom stereocenters. The summed E-state index contributed by atoms with van der Waals surface area (Å²) in [5, 5.41) is 11.1. The zero-order chi connectivity index (χ0) is 15.6. The summed E-state index contributed by atoms with van der Waals surface area (Å²) < 4.78 is 26.2. The number of nitrogens with two attached hydrogens (primary N) is 1. The molecule has 0 saturated carbocycles. The van der Waals surface area contributed by atoms with Crippen molar-refractivity contribution in [3.8, 4) is 0 Å². The first-order valence-electron chi connectivity index (χ1n) is 6.22. The number of aliphatic hydroxyl groups excluding tert-OH is 1. The van der Waals surface area contributed by atoms with Crippen molar-refractivity contribution in [2.24, 2.45) is 5.73 Å². The molecule has 112 valence electrons. The third-order valence-corrected chi connectivity index (χ3v) is 4.03. The second-order valence-electron chi connectivity index (χ2n) is 4.63. The van der Waals surface area contributed by atoms with Crippen molar-refractivity contribution in [2.45, 2.75) is 12.0 Å². The fourth-order valence-electron chi connectivity index (χ4n) is 2.12. The number of rotatable bonds is 4. The van der Waals surface area contributed by atoms with Gasteiger partial charge in [-0.2, -0.15) is 0 Å². The molecule has 3 N–H and O–H groups in total. The van der Waals surface area contributed by atoms with E-state index in [9.17, 15) is 13.9 Å². The van der Waals surface area contributed by atoms with Gasteiger partial charge >= 0.3 is 0 Å². The van der Waals surface area contributed by atoms with Crippen molar-refractivity contribution in [3.63, 3.8) is 0 Å². The van der Waals surface area contributed by atoms with Crippen LogP contribution in [0.15, 0.2) is 36.4 Å². The van der Waals surface area contributed by atoms with E-state index < -0.39 is 23.7 Å². The van der Waals surface area contributed by atoms with E-state index in [-0.39, 0.29) is 12.1 Å². The molecule has 2 aromatic carbocycles. The van der Waals surface area contributed by atoms with Crippen LogP contribution in [0.4, 0.5) is 8.78 Å². The van der Waals surface area contributed by atoms with Gasteiger partial charge in [-0.25, -0.2) is 8.78 Å². The number of hydrogen-bond donors (Lipinski definition) is 2. The first-order chi connectivity index (χ1) is 9.93. The number of benzene rings is 2. The van der Waals surface area contributed by atoms with Gasteiger partial charge in [-0.05, 0) is 35.4 Å². The van der Waals surface area contributed by atoms with Crippen LogP contribution in [-0.4, -0.2) is 11.7 Å². The fourth-order valence-corrected chi connectivity index (χ4v) is 2.43. The molecule has 0 amide bonds. The predicted molar refractivity (Wildman–Crippen MR) is 79.6 cm³/mol. The van der Waals surface area contributed by atoms with Crippen LogP contribution in [-0.2, 0) is 0 Å². The Kier molecular flexibility index (Phi) is 5.17. The molecule has 0 saturated heterocycles. The molecule has 2 rings (SSSR count). The average Bonchev–Trinajstić information content (AvgIpc) is 2.46. The molecule has 2 atom stereocenters. The first-order valence-corrected chi connectivity index (χ1v) is 6.97. The zero-order valence-corrected chi connectivity index (χ0v) is 12.4. The van der Waals surface area contributed by atoms with Gasteiger partial charge in [0.05, 0.1) is 16.1 Å². The van der Waals surface area contributed by atoms with E-state index in [1.807, 2.05) is 0 Å². The number of hydrogen-bond acceptors (Lipinski definition) is 2. The maximum absolute atomic E-state index is 13.3. The van der Waals surface area contributed by atoms with Gasteiger partial charge in [0.2, 0.25) is 0 Å². The highest BCUT2D eigenvalue weighted by Crippen LogP contribution is 2.33. The summed E-state index contributed by atoms with van der Waals surface area (Å²) in [6.07, 6.45) is -1.08. The minimum atomic E-state index is -1.08. The molecule has 0 aromatic heterocycles. The summed E-state index contributed by atoms with van der Waals surface area (Å²) in [6, 6.07) is 8.14. The Bertz CT molecular complexity index is 652. The van der Waals surface area contributed by atoms with Gasteiger partial charge in [0.25, 0.3) is 0 Å². The lowest BCUT2D eigenvalue weighted by atomic mass is 9.89. The minimum absolute atomic E-state index is 0.109. The summed E-state index contributed by atoms with van der Waals surface area (Å²) in [5.41, 5.74) is 6.61. The summed E-state index contributed by atoms with van der Waals surface area (Å²) >= 11 is 11.8. The van der Waals surface area contributed by atoms with Crippen LogP contribution in [0.3, 0.4) is 0 Å². The smallest absolute Gasteiger partial charge is 0.159 e. The average molecular weight is 332 g/mol. The number of aliphatic hydroxyl groups is 1. The van der Waals surface area contributed by atoms with E-state index in [4.69, 9.17) is 28.9 Å². The summed E-state index contributed by atoms with van der Waals surface area (Å²) in [5.74, 6) is -2.49. The molecule has 2 nitrogen and oxygen atoms in total. The Hall–Kier alpha value is -1.20. The Labute approximate surface area is 131 Å². The normalized spacial score (nSPS) is 14.0. The van der Waals surface area contributed by atoms with Crippen molar-refractivity contribution < 1.29 is 13.9 Å². The van der Waals surface area contributed by atoms with Crippen LogP contribution in [0.2, 0.25) is 10.0 Å². The third kappa shape index (κ3) is 3.52. The standard InChI is InChI=1S/C15H13Cl2F2NO/c16-11-3-1-8(5-12(11)17)10(7-20)15(21)9-2-4-13(18)14(19)6-9/h1-6,10,15,21H,7,20H2. The molecule has 0 aliphatic carbocycles. The molecule has 0 spiro atoms. The van der Waals surface area contributed by atoms with E-state index in [1.165, 1.54) is 6.07 Å². The first kappa shape index (κ1) is 16.2. The van der Waals surface area contributed by atoms with Crippen molar-refractivity contribution in [2.75, 3.05) is 6.54 Å². The van der Waals surface area contributed by atoms with E-state index in [2.05, 4.69) is 0 Å². The largest absolute Gasteiger partial charge is 0.388 e. The van der Waals surface area contributed by atoms with Crippen molar-refractivity contribution in [1.29, 1.82) is 0 Å². The van der Waals surface area contributed by atoms with Crippen LogP contribution in [0, 0.1) is 11.6 Å². The fraction of sp³-hybridized carbons (Fsp3) is 0.200. The van der Waals surface area contributed by atoms with Gasteiger partial charge in [-0.1, -0.05) is 35.3 Å². The Morgan fingerprint density at radius 3 is 2.19 bits per heavy atom. The monoisotopic (exact) mass is 331 g/mol. The van der Waals surface area contributed by atoms with Gasteiger partial charge in [0, 0.05) is 12.5 Å². The van der Waals surface area contributed by atoms with Gasteiger partial charge in [-0.3, -0.25) is 0 Å². The van der Waals surface area contributed by atoms with E-state index in [0.717, 1.165) is 12.1 Å². The summed E-state index contributed by atoms with van der Waals surface area (Å²) in [4.78, 5) is 0. The minimum Gasteiger partial charge on any atom is -0.388 e. The zero-order valence-electron chi connectivity index (χ0n) is 10.9. The predicted octanol–water partition coefficient (Wildman–Crippen LogP) is 4.05. The molecular formula is C15H13Cl2F2NO. The maximum Gasteiger partial charge on any atom is 0.159 e. The molecule has 0 bridgehead atoms. The molecular weight excluding hydrogens is 319 g/mol. The molecule has 2 aromatic rings. The molecule has 0 heterocycles. The van der Waals surface area contributed by atoms with Gasteiger partial charge in [0.1, 0.15) is 0 Å². The van der Waals surface area contributed by atoms with Gasteiger partial charge in [0.15, 0.2) is 11.6 Å². The summed E-state index contributed by atoms with van der Waals surface area (Å²) in [6.45, 7) is 0.109. The van der Waals surface area contributed by atoms with Crippen molar-refractivity contribution in [1.82, 2.24) is 0 Å². The Morgan fingerprint density at radius 1 is 0.952 bits per heavy atom.